The molecule has 0 radical (unpaired) electrons. The Morgan fingerprint density at radius 3 is 2.45 bits per heavy atom. The summed E-state index contributed by atoms with van der Waals surface area (Å²) >= 11 is 0. The molecular formula is C25H20FN2O+. The Morgan fingerprint density at radius 2 is 1.62 bits per heavy atom. The molecule has 0 unspecified atom stereocenters. The van der Waals surface area contributed by atoms with Gasteiger partial charge in [0, 0.05) is 28.1 Å². The van der Waals surface area contributed by atoms with Crippen LogP contribution in [0.4, 0.5) is 4.39 Å². The number of aryl methyl sites for hydroxylation is 3. The summed E-state index contributed by atoms with van der Waals surface area (Å²) in [5, 5.41) is 1.99. The molecule has 0 amide bonds. The summed E-state index contributed by atoms with van der Waals surface area (Å²) < 4.78 is 23.0. The highest BCUT2D eigenvalue weighted by molar-refractivity contribution is 6.09. The van der Waals surface area contributed by atoms with Crippen LogP contribution in [0, 0.1) is 19.7 Å². The molecule has 4 heteroatoms. The van der Waals surface area contributed by atoms with Crippen molar-refractivity contribution in [2.75, 3.05) is 0 Å². The van der Waals surface area contributed by atoms with Crippen molar-refractivity contribution >= 4 is 22.1 Å². The van der Waals surface area contributed by atoms with Gasteiger partial charge in [-0.15, -0.1) is 0 Å². The number of nitrogens with zero attached hydrogens (tertiary/aromatic N) is 2. The molecular weight excluding hydrogens is 363 g/mol. The van der Waals surface area contributed by atoms with Gasteiger partial charge in [0.1, 0.15) is 12.9 Å². The van der Waals surface area contributed by atoms with E-state index in [0.717, 1.165) is 44.4 Å². The molecule has 3 heterocycles. The van der Waals surface area contributed by atoms with Crippen LogP contribution in [0.15, 0.2) is 71.3 Å². The molecule has 0 saturated heterocycles. The Morgan fingerprint density at radius 1 is 0.862 bits per heavy atom. The summed E-state index contributed by atoms with van der Waals surface area (Å²) in [5.74, 6) is -0.244. The third kappa shape index (κ3) is 2.71. The fourth-order valence-electron chi connectivity index (χ4n) is 4.03. The van der Waals surface area contributed by atoms with Crippen molar-refractivity contribution in [2.45, 2.75) is 13.8 Å². The van der Waals surface area contributed by atoms with Crippen molar-refractivity contribution in [1.82, 2.24) is 4.98 Å². The molecule has 0 fully saturated rings. The smallest absolute Gasteiger partial charge is 0.227 e. The zero-order valence-corrected chi connectivity index (χ0v) is 16.5. The van der Waals surface area contributed by atoms with E-state index in [0.29, 0.717) is 11.3 Å². The largest absolute Gasteiger partial charge is 0.437 e. The third-order valence-corrected chi connectivity index (χ3v) is 5.44. The standard InChI is InChI=1S/C25H20FN2O/c1-15-10-12-19-20-13-11-16(2)27-25(20)29-24(19)22(15)23-18(8-6-14-28(23)3)17-7-4-5-9-21(17)26/h4-14H,1-3H3/q+1. The van der Waals surface area contributed by atoms with E-state index in [1.165, 1.54) is 6.07 Å². The van der Waals surface area contributed by atoms with Gasteiger partial charge in [0.15, 0.2) is 11.8 Å². The van der Waals surface area contributed by atoms with Gasteiger partial charge in [0.05, 0.1) is 11.1 Å². The minimum Gasteiger partial charge on any atom is -0.437 e. The number of aromatic nitrogens is 2. The van der Waals surface area contributed by atoms with E-state index in [-0.39, 0.29) is 5.82 Å². The van der Waals surface area contributed by atoms with Gasteiger partial charge in [-0.25, -0.2) is 13.9 Å². The number of fused-ring (bicyclic) bond motifs is 3. The number of hydrogen-bond donors (Lipinski definition) is 0. The fraction of sp³-hybridized carbons (Fsp3) is 0.120. The van der Waals surface area contributed by atoms with Crippen LogP contribution in [-0.4, -0.2) is 4.98 Å². The monoisotopic (exact) mass is 383 g/mol. The minimum atomic E-state index is -0.244. The number of pyridine rings is 2. The van der Waals surface area contributed by atoms with Crippen LogP contribution in [-0.2, 0) is 7.05 Å². The lowest BCUT2D eigenvalue weighted by Crippen LogP contribution is -2.31. The number of benzene rings is 2. The van der Waals surface area contributed by atoms with E-state index in [4.69, 9.17) is 4.42 Å². The zero-order chi connectivity index (χ0) is 20.1. The molecule has 3 nitrogen and oxygen atoms in total. The van der Waals surface area contributed by atoms with E-state index in [9.17, 15) is 4.39 Å². The van der Waals surface area contributed by atoms with Crippen molar-refractivity contribution in [2.24, 2.45) is 7.05 Å². The molecule has 142 valence electrons. The second-order valence-electron chi connectivity index (χ2n) is 7.40. The molecule has 0 aliphatic rings. The van der Waals surface area contributed by atoms with Crippen molar-refractivity contribution in [3.8, 4) is 22.4 Å². The molecule has 0 atom stereocenters. The van der Waals surface area contributed by atoms with Crippen molar-refractivity contribution in [1.29, 1.82) is 0 Å². The Hall–Kier alpha value is -3.53. The second-order valence-corrected chi connectivity index (χ2v) is 7.40. The first-order valence-corrected chi connectivity index (χ1v) is 9.58. The summed E-state index contributed by atoms with van der Waals surface area (Å²) in [7, 11) is 1.98. The average molecular weight is 383 g/mol. The SMILES string of the molecule is Cc1ccc2c(n1)oc1c(-c3c(-c4ccccc4F)ccc[n+]3C)c(C)ccc12. The van der Waals surface area contributed by atoms with Gasteiger partial charge >= 0.3 is 0 Å². The molecule has 3 aromatic heterocycles. The Kier molecular flexibility index (Phi) is 3.95. The maximum Gasteiger partial charge on any atom is 0.227 e. The first-order chi connectivity index (χ1) is 14.0. The number of rotatable bonds is 2. The Labute approximate surface area is 168 Å². The van der Waals surface area contributed by atoms with Gasteiger partial charge in [-0.2, -0.15) is 0 Å². The van der Waals surface area contributed by atoms with E-state index in [1.54, 1.807) is 6.07 Å². The van der Waals surface area contributed by atoms with Gasteiger partial charge in [0.25, 0.3) is 0 Å². The summed E-state index contributed by atoms with van der Waals surface area (Å²) in [6.45, 7) is 4.00. The maximum atomic E-state index is 14.7. The lowest BCUT2D eigenvalue weighted by atomic mass is 9.94. The van der Waals surface area contributed by atoms with Crippen molar-refractivity contribution in [3.63, 3.8) is 0 Å². The van der Waals surface area contributed by atoms with E-state index >= 15 is 0 Å². The first-order valence-electron chi connectivity index (χ1n) is 9.58. The quantitative estimate of drug-likeness (QED) is 0.356. The Balaban J connectivity index is 1.91. The molecule has 5 rings (SSSR count). The topological polar surface area (TPSA) is 29.9 Å². The molecule has 29 heavy (non-hydrogen) atoms. The van der Waals surface area contributed by atoms with Crippen LogP contribution < -0.4 is 4.57 Å². The maximum absolute atomic E-state index is 14.7. The molecule has 2 aromatic carbocycles. The first kappa shape index (κ1) is 17.6. The van der Waals surface area contributed by atoms with Crippen LogP contribution in [0.1, 0.15) is 11.3 Å². The normalized spacial score (nSPS) is 11.4. The summed E-state index contributed by atoms with van der Waals surface area (Å²) in [4.78, 5) is 4.56. The van der Waals surface area contributed by atoms with Gasteiger partial charge in [0.2, 0.25) is 11.4 Å². The zero-order valence-electron chi connectivity index (χ0n) is 16.5. The molecule has 5 aromatic rings. The molecule has 0 aliphatic heterocycles. The highest BCUT2D eigenvalue weighted by Gasteiger charge is 2.25. The van der Waals surface area contributed by atoms with Crippen LogP contribution in [0.5, 0.6) is 0 Å². The van der Waals surface area contributed by atoms with E-state index in [2.05, 4.69) is 24.0 Å². The van der Waals surface area contributed by atoms with Gasteiger partial charge in [-0.05, 0) is 43.7 Å². The second kappa shape index (κ2) is 6.52. The van der Waals surface area contributed by atoms with Crippen LogP contribution in [0.2, 0.25) is 0 Å². The predicted molar refractivity (Wildman–Crippen MR) is 113 cm³/mol. The third-order valence-electron chi connectivity index (χ3n) is 5.44. The van der Waals surface area contributed by atoms with Crippen LogP contribution >= 0.6 is 0 Å². The number of furan rings is 1. The summed E-state index contributed by atoms with van der Waals surface area (Å²) in [6, 6.07) is 19.0. The summed E-state index contributed by atoms with van der Waals surface area (Å²) in [5.41, 5.74) is 6.64. The highest BCUT2D eigenvalue weighted by atomic mass is 19.1. The van der Waals surface area contributed by atoms with Crippen LogP contribution in [0.3, 0.4) is 0 Å². The average Bonchev–Trinajstić information content (AvgIpc) is 3.06. The molecule has 0 saturated carbocycles. The molecule has 0 bridgehead atoms. The van der Waals surface area contributed by atoms with Gasteiger partial charge in [-0.3, -0.25) is 0 Å². The molecule has 0 aliphatic carbocycles. The fourth-order valence-corrected chi connectivity index (χ4v) is 4.03. The predicted octanol–water partition coefficient (Wildman–Crippen LogP) is 5.90. The minimum absolute atomic E-state index is 0.244. The number of hydrogen-bond acceptors (Lipinski definition) is 2. The lowest BCUT2D eigenvalue weighted by Gasteiger charge is -2.11. The van der Waals surface area contributed by atoms with Crippen molar-refractivity contribution in [3.05, 3.63) is 83.9 Å². The Bertz CT molecular complexity index is 1400. The van der Waals surface area contributed by atoms with Gasteiger partial charge in [-0.1, -0.05) is 30.3 Å². The number of halogens is 1. The van der Waals surface area contributed by atoms with E-state index in [1.807, 2.05) is 61.1 Å². The van der Waals surface area contributed by atoms with Gasteiger partial charge < -0.3 is 4.42 Å². The summed E-state index contributed by atoms with van der Waals surface area (Å²) in [6.07, 6.45) is 1.98. The van der Waals surface area contributed by atoms with Crippen molar-refractivity contribution < 1.29 is 13.4 Å². The van der Waals surface area contributed by atoms with Crippen LogP contribution in [0.25, 0.3) is 44.5 Å². The molecule has 0 N–H and O–H groups in total. The van der Waals surface area contributed by atoms with E-state index < -0.39 is 0 Å². The molecule has 0 spiro atoms. The highest BCUT2D eigenvalue weighted by Crippen LogP contribution is 2.40. The lowest BCUT2D eigenvalue weighted by molar-refractivity contribution is -0.659.